The molecule has 4 amide bonds. The number of carboxylic acid groups (broad SMARTS) is 2. The van der Waals surface area contributed by atoms with E-state index in [1.54, 1.807) is 41.5 Å². The molecule has 2 aliphatic heterocycles. The molecule has 2 aliphatic carbocycles. The summed E-state index contributed by atoms with van der Waals surface area (Å²) in [6, 6.07) is 31.1. The van der Waals surface area contributed by atoms with Gasteiger partial charge in [-0.05, 0) is 98.9 Å². The lowest BCUT2D eigenvalue weighted by Crippen LogP contribution is -2.54. The first kappa shape index (κ1) is 48.8. The lowest BCUT2D eigenvalue weighted by molar-refractivity contribution is -0.144. The molecule has 0 radical (unpaired) electrons. The highest BCUT2D eigenvalue weighted by atomic mass is 16.6. The van der Waals surface area contributed by atoms with Gasteiger partial charge in [-0.3, -0.25) is 9.59 Å². The van der Waals surface area contributed by atoms with Crippen LogP contribution in [-0.2, 0) is 28.5 Å². The number of rotatable bonds is 8. The number of benzene rings is 4. The third-order valence-electron chi connectivity index (χ3n) is 12.2. The lowest BCUT2D eigenvalue weighted by Gasteiger charge is -2.36. The first-order valence-electron chi connectivity index (χ1n) is 22.9. The molecular formula is C52H60N4O12. The normalized spacial score (nSPS) is 19.7. The predicted octanol–water partition coefficient (Wildman–Crippen LogP) is 8.47. The van der Waals surface area contributed by atoms with Crippen LogP contribution in [0, 0.1) is 11.8 Å². The molecule has 0 aromatic heterocycles. The Balaban J connectivity index is 0.000000201. The molecular weight excluding hydrogens is 873 g/mol. The summed E-state index contributed by atoms with van der Waals surface area (Å²) in [5.74, 6) is -3.85. The highest BCUT2D eigenvalue weighted by molar-refractivity contribution is 5.81. The summed E-state index contributed by atoms with van der Waals surface area (Å²) >= 11 is 0. The molecule has 4 N–H and O–H groups in total. The van der Waals surface area contributed by atoms with E-state index >= 15 is 0 Å². The maximum absolute atomic E-state index is 13.0. The molecule has 4 aliphatic rings. The van der Waals surface area contributed by atoms with Crippen molar-refractivity contribution < 1.29 is 57.9 Å². The van der Waals surface area contributed by atoms with E-state index in [9.17, 15) is 39.0 Å². The van der Waals surface area contributed by atoms with E-state index in [0.29, 0.717) is 0 Å². The van der Waals surface area contributed by atoms with Crippen LogP contribution in [0.4, 0.5) is 19.2 Å². The van der Waals surface area contributed by atoms with Gasteiger partial charge in [0.15, 0.2) is 0 Å². The fourth-order valence-electron chi connectivity index (χ4n) is 9.38. The van der Waals surface area contributed by atoms with Crippen molar-refractivity contribution in [2.24, 2.45) is 11.8 Å². The van der Waals surface area contributed by atoms with E-state index < -0.39 is 71.4 Å². The van der Waals surface area contributed by atoms with E-state index in [1.807, 2.05) is 72.8 Å². The number of alkyl carbamates (subject to hydrolysis) is 2. The minimum absolute atomic E-state index is 0.0263. The number of hydrogen-bond acceptors (Lipinski definition) is 10. The molecule has 4 atom stereocenters. The van der Waals surface area contributed by atoms with Gasteiger partial charge >= 0.3 is 36.3 Å². The Morgan fingerprint density at radius 1 is 0.500 bits per heavy atom. The Morgan fingerprint density at radius 3 is 1.07 bits per heavy atom. The maximum atomic E-state index is 13.0. The largest absolute Gasteiger partial charge is 0.481 e. The molecule has 0 saturated carbocycles. The molecule has 8 rings (SSSR count). The third-order valence-corrected chi connectivity index (χ3v) is 12.2. The van der Waals surface area contributed by atoms with E-state index in [-0.39, 0.29) is 64.1 Å². The van der Waals surface area contributed by atoms with Crippen molar-refractivity contribution in [2.45, 2.75) is 89.5 Å². The van der Waals surface area contributed by atoms with Crippen LogP contribution in [-0.4, -0.2) is 119 Å². The first-order valence-corrected chi connectivity index (χ1v) is 22.9. The zero-order valence-corrected chi connectivity index (χ0v) is 39.2. The Kier molecular flexibility index (Phi) is 14.7. The van der Waals surface area contributed by atoms with Crippen molar-refractivity contribution in [3.63, 3.8) is 0 Å². The summed E-state index contributed by atoms with van der Waals surface area (Å²) in [4.78, 5) is 76.5. The number of fused-ring (bicyclic) bond motifs is 6. The molecule has 4 aromatic rings. The SMILES string of the molecule is CC(C)(C)OC(=O)N[C@@H]1C[C@H](C(=O)O)CN(C(=O)OCC2c3ccccc3-c3ccccc32)C1.CC(C)(C)OC(=O)N[C@H]1C[C@@H](C(=O)O)CN(C(=O)OCC2c3ccccc3-c3ccccc32)C1. The van der Waals surface area contributed by atoms with Crippen LogP contribution < -0.4 is 10.6 Å². The zero-order valence-electron chi connectivity index (χ0n) is 39.2. The second-order valence-corrected chi connectivity index (χ2v) is 19.6. The fraction of sp³-hybridized carbons (Fsp3) is 0.423. The number of carbonyl (C=O) groups is 6. The van der Waals surface area contributed by atoms with Gasteiger partial charge in [-0.15, -0.1) is 0 Å². The summed E-state index contributed by atoms with van der Waals surface area (Å²) in [5, 5.41) is 24.5. The van der Waals surface area contributed by atoms with Gasteiger partial charge in [-0.2, -0.15) is 0 Å². The van der Waals surface area contributed by atoms with Gasteiger partial charge in [0.1, 0.15) is 24.4 Å². The standard InChI is InChI=1S/2C26H30N2O6/c2*1-26(2,3)34-24(31)27-17-12-16(23(29)30)13-28(14-17)25(32)33-15-22-20-10-6-4-8-18(20)19-9-5-7-11-21(19)22/h2*4-11,16-17,22H,12-15H2,1-3H3,(H,27,31)(H,29,30)/t2*16-,17+/m10/s1. The molecule has 16 nitrogen and oxygen atoms in total. The average Bonchev–Trinajstić information content (AvgIpc) is 3.78. The van der Waals surface area contributed by atoms with Crippen molar-refractivity contribution in [3.05, 3.63) is 119 Å². The van der Waals surface area contributed by atoms with Crippen LogP contribution in [0.15, 0.2) is 97.1 Å². The van der Waals surface area contributed by atoms with E-state index in [2.05, 4.69) is 34.9 Å². The number of carboxylic acids is 2. The molecule has 68 heavy (non-hydrogen) atoms. The number of nitrogens with one attached hydrogen (secondary N) is 2. The molecule has 2 heterocycles. The number of piperidine rings is 2. The van der Waals surface area contributed by atoms with Gasteiger partial charge in [0.2, 0.25) is 0 Å². The maximum Gasteiger partial charge on any atom is 0.409 e. The zero-order chi connectivity index (χ0) is 48.9. The number of aliphatic carboxylic acids is 2. The van der Waals surface area contributed by atoms with Crippen LogP contribution in [0.25, 0.3) is 22.3 Å². The van der Waals surface area contributed by atoms with Crippen molar-refractivity contribution in [3.8, 4) is 22.3 Å². The molecule has 2 saturated heterocycles. The Bertz CT molecular complexity index is 2270. The first-order chi connectivity index (χ1) is 32.2. The topological polar surface area (TPSA) is 210 Å². The monoisotopic (exact) mass is 932 g/mol. The third kappa shape index (κ3) is 11.9. The second-order valence-electron chi connectivity index (χ2n) is 19.6. The highest BCUT2D eigenvalue weighted by Crippen LogP contribution is 2.46. The van der Waals surface area contributed by atoms with Crippen LogP contribution in [0.1, 0.15) is 88.5 Å². The lowest BCUT2D eigenvalue weighted by atomic mass is 9.94. The van der Waals surface area contributed by atoms with E-state index in [0.717, 1.165) is 44.5 Å². The minimum Gasteiger partial charge on any atom is -0.481 e. The van der Waals surface area contributed by atoms with Crippen LogP contribution in [0.3, 0.4) is 0 Å². The van der Waals surface area contributed by atoms with Gasteiger partial charge in [-0.25, -0.2) is 19.2 Å². The van der Waals surface area contributed by atoms with Gasteiger partial charge < -0.3 is 49.6 Å². The molecule has 16 heteroatoms. The Morgan fingerprint density at radius 2 is 0.794 bits per heavy atom. The predicted molar refractivity (Wildman–Crippen MR) is 251 cm³/mol. The summed E-state index contributed by atoms with van der Waals surface area (Å²) < 4.78 is 21.9. The number of nitrogens with zero attached hydrogens (tertiary/aromatic N) is 2. The van der Waals surface area contributed by atoms with E-state index in [4.69, 9.17) is 18.9 Å². The Hall–Kier alpha value is -7.10. The molecule has 4 aromatic carbocycles. The molecule has 2 fully saturated rings. The average molecular weight is 933 g/mol. The highest BCUT2D eigenvalue weighted by Gasteiger charge is 2.39. The summed E-state index contributed by atoms with van der Waals surface area (Å²) in [6.45, 7) is 11.1. The smallest absolute Gasteiger partial charge is 0.409 e. The van der Waals surface area contributed by atoms with Crippen molar-refractivity contribution in [1.29, 1.82) is 0 Å². The number of ether oxygens (including phenoxy) is 4. The van der Waals surface area contributed by atoms with Crippen molar-refractivity contribution in [1.82, 2.24) is 20.4 Å². The van der Waals surface area contributed by atoms with Gasteiger partial charge in [0, 0.05) is 38.0 Å². The summed E-state index contributed by atoms with van der Waals surface area (Å²) in [7, 11) is 0. The fourth-order valence-corrected chi connectivity index (χ4v) is 9.38. The summed E-state index contributed by atoms with van der Waals surface area (Å²) in [6.07, 6.45) is -2.05. The molecule has 0 spiro atoms. The minimum atomic E-state index is -1.02. The van der Waals surface area contributed by atoms with Crippen molar-refractivity contribution in [2.75, 3.05) is 39.4 Å². The Labute approximate surface area is 395 Å². The van der Waals surface area contributed by atoms with E-state index in [1.165, 1.54) is 9.80 Å². The van der Waals surface area contributed by atoms with Gasteiger partial charge in [-0.1, -0.05) is 97.1 Å². The second kappa shape index (κ2) is 20.4. The number of hydrogen-bond donors (Lipinski definition) is 4. The van der Waals surface area contributed by atoms with Crippen LogP contribution >= 0.6 is 0 Å². The van der Waals surface area contributed by atoms with Crippen LogP contribution in [0.5, 0.6) is 0 Å². The summed E-state index contributed by atoms with van der Waals surface area (Å²) in [5.41, 5.74) is 7.55. The quantitative estimate of drug-likeness (QED) is 0.123. The van der Waals surface area contributed by atoms with Crippen LogP contribution in [0.2, 0.25) is 0 Å². The van der Waals surface area contributed by atoms with Gasteiger partial charge in [0.05, 0.1) is 23.9 Å². The molecule has 360 valence electrons. The van der Waals surface area contributed by atoms with Gasteiger partial charge in [0.25, 0.3) is 0 Å². The number of likely N-dealkylation sites (tertiary alicyclic amines) is 2. The molecule has 0 bridgehead atoms. The number of amides is 4. The number of carbonyl (C=O) groups excluding carboxylic acids is 4. The molecule has 0 unspecified atom stereocenters. The van der Waals surface area contributed by atoms with Crippen molar-refractivity contribution >= 4 is 36.3 Å².